The molecule has 0 aliphatic rings. The van der Waals surface area contributed by atoms with Crippen LogP contribution in [0.4, 0.5) is 0 Å². The maximum Gasteiger partial charge on any atom is 0.337 e. The maximum absolute atomic E-state index is 14.0. The number of carbonyl (C=O) groups is 2. The van der Waals surface area contributed by atoms with Gasteiger partial charge in [0.15, 0.2) is 10.8 Å². The van der Waals surface area contributed by atoms with Crippen LogP contribution in [-0.2, 0) is 19.1 Å². The van der Waals surface area contributed by atoms with Gasteiger partial charge < -0.3 is 9.47 Å². The number of H-pyrrole nitrogens is 1. The second kappa shape index (κ2) is 11.5. The van der Waals surface area contributed by atoms with E-state index in [0.29, 0.717) is 0 Å². The number of rotatable bonds is 7. The highest BCUT2D eigenvalue weighted by Gasteiger charge is 2.43. The fourth-order valence-corrected chi connectivity index (χ4v) is 9.32. The van der Waals surface area contributed by atoms with Crippen LogP contribution in [-0.4, -0.2) is 46.2 Å². The lowest BCUT2D eigenvalue weighted by molar-refractivity contribution is -0.144. The summed E-state index contributed by atoms with van der Waals surface area (Å²) in [7, 11) is 2.44. The van der Waals surface area contributed by atoms with Crippen molar-refractivity contribution in [3.05, 3.63) is 112 Å². The first kappa shape index (κ1) is 27.0. The van der Waals surface area contributed by atoms with Crippen molar-refractivity contribution in [1.82, 2.24) is 14.8 Å². The van der Waals surface area contributed by atoms with E-state index in [1.165, 1.54) is 21.1 Å². The molecule has 0 aliphatic carbocycles. The van der Waals surface area contributed by atoms with Crippen LogP contribution in [0.25, 0.3) is 0 Å². The maximum atomic E-state index is 14.0. The Morgan fingerprint density at radius 3 is 1.68 bits per heavy atom. The minimum Gasteiger partial charge on any atom is -0.467 e. The molecule has 1 unspecified atom stereocenters. The summed E-state index contributed by atoms with van der Waals surface area (Å²) in [6, 6.07) is 26.7. The minimum atomic E-state index is -3.18. The zero-order valence-electron chi connectivity index (χ0n) is 21.0. The average molecular weight is 548 g/mol. The van der Waals surface area contributed by atoms with Gasteiger partial charge in [-0.2, -0.15) is 5.10 Å². The third-order valence-corrected chi connectivity index (χ3v) is 10.9. The van der Waals surface area contributed by atoms with Crippen molar-refractivity contribution in [2.24, 2.45) is 0 Å². The number of ether oxygens (including phenoxy) is 2. The molecule has 4 aromatic rings. The molecule has 3 aromatic carbocycles. The van der Waals surface area contributed by atoms with Gasteiger partial charge in [0, 0.05) is 0 Å². The highest BCUT2D eigenvalue weighted by Crippen LogP contribution is 2.48. The van der Waals surface area contributed by atoms with Crippen molar-refractivity contribution >= 4 is 52.2 Å². The summed E-state index contributed by atoms with van der Waals surface area (Å²) in [5, 5.41) is 8.93. The van der Waals surface area contributed by atoms with Crippen molar-refractivity contribution < 1.29 is 19.1 Å². The fourth-order valence-electron chi connectivity index (χ4n) is 4.54. The van der Waals surface area contributed by atoms with Gasteiger partial charge in [-0.25, -0.2) is 9.59 Å². The predicted molar refractivity (Wildman–Crippen MR) is 152 cm³/mol. The first-order chi connectivity index (χ1) is 18.4. The quantitative estimate of drug-likeness (QED) is 0.216. The molecular weight excluding hydrogens is 521 g/mol. The molecule has 1 heterocycles. The number of methoxy groups -OCH3 is 2. The van der Waals surface area contributed by atoms with E-state index >= 15 is 0 Å². The molecule has 38 heavy (non-hydrogen) atoms. The summed E-state index contributed by atoms with van der Waals surface area (Å²) >= 11 is 5.44. The number of aromatic amines is 1. The highest BCUT2D eigenvalue weighted by atomic mass is 32.1. The Hall–Kier alpha value is -4.07. The Balaban J connectivity index is 2.41. The molecule has 4 rings (SSSR count). The van der Waals surface area contributed by atoms with Crippen LogP contribution < -0.4 is 21.5 Å². The lowest BCUT2D eigenvalue weighted by Gasteiger charge is -2.34. The summed E-state index contributed by atoms with van der Waals surface area (Å²) in [6.45, 7) is -1.69. The molecule has 1 aromatic heterocycles. The monoisotopic (exact) mass is 547 g/mol. The Morgan fingerprint density at radius 1 is 0.842 bits per heavy atom. The molecule has 0 bridgehead atoms. The minimum absolute atomic E-state index is 0.0441. The number of hydrogen-bond acceptors (Lipinski definition) is 7. The molecule has 194 valence electrons. The van der Waals surface area contributed by atoms with E-state index in [1.54, 1.807) is 0 Å². The van der Waals surface area contributed by atoms with Gasteiger partial charge in [0.25, 0.3) is 5.56 Å². The van der Waals surface area contributed by atoms with Crippen LogP contribution in [0.5, 0.6) is 0 Å². The normalized spacial score (nSPS) is 11.9. The molecule has 1 N–H and O–H groups in total. The van der Waals surface area contributed by atoms with Crippen molar-refractivity contribution in [1.29, 1.82) is 0 Å². The zero-order valence-corrected chi connectivity index (χ0v) is 22.7. The SMILES string of the molecule is COC(=O)C(C(C(=O)OC)n1c(=S)[nH]nc(C)c1=O)=P(c1ccccc1)(c1ccccc1)c1ccccc1. The topological polar surface area (TPSA) is 103 Å². The number of aryl methyl sites for hydroxylation is 1. The third kappa shape index (κ3) is 4.66. The van der Waals surface area contributed by atoms with E-state index in [0.717, 1.165) is 20.5 Å². The fraction of sp³-hybridized carbons (Fsp3) is 0.143. The van der Waals surface area contributed by atoms with E-state index < -0.39 is 30.4 Å². The van der Waals surface area contributed by atoms with Crippen molar-refractivity contribution in [2.75, 3.05) is 14.2 Å². The van der Waals surface area contributed by atoms with Gasteiger partial charge in [0.1, 0.15) is 5.69 Å². The van der Waals surface area contributed by atoms with Crippen LogP contribution in [0.2, 0.25) is 0 Å². The summed E-state index contributed by atoms with van der Waals surface area (Å²) in [5.41, 5.74) is -0.558. The Bertz CT molecular complexity index is 1530. The molecular formula is C28H26N3O5PS. The molecule has 1 atom stereocenters. The van der Waals surface area contributed by atoms with E-state index in [4.69, 9.17) is 21.7 Å². The molecule has 8 nitrogen and oxygen atoms in total. The third-order valence-electron chi connectivity index (χ3n) is 6.19. The van der Waals surface area contributed by atoms with Crippen molar-refractivity contribution in [3.8, 4) is 0 Å². The predicted octanol–water partition coefficient (Wildman–Crippen LogP) is 2.66. The van der Waals surface area contributed by atoms with E-state index in [1.807, 2.05) is 91.0 Å². The number of nitrogens with one attached hydrogen (secondary N) is 1. The average Bonchev–Trinajstić information content (AvgIpc) is 2.97. The molecule has 0 aliphatic heterocycles. The summed E-state index contributed by atoms with van der Waals surface area (Å²) < 4.78 is 11.5. The van der Waals surface area contributed by atoms with Gasteiger partial charge in [0.2, 0.25) is 0 Å². The van der Waals surface area contributed by atoms with Gasteiger partial charge in [-0.05, 0) is 41.9 Å². The van der Waals surface area contributed by atoms with E-state index in [2.05, 4.69) is 10.2 Å². The number of benzene rings is 3. The number of hydrogen-bond donors (Lipinski definition) is 1. The first-order valence-corrected chi connectivity index (χ1v) is 13.8. The molecule has 0 amide bonds. The van der Waals surface area contributed by atoms with Crippen LogP contribution in [0.3, 0.4) is 0 Å². The van der Waals surface area contributed by atoms with Crippen LogP contribution in [0.1, 0.15) is 11.7 Å². The number of aromatic nitrogens is 3. The highest BCUT2D eigenvalue weighted by molar-refractivity contribution is 7.96. The second-order valence-electron chi connectivity index (χ2n) is 8.27. The smallest absolute Gasteiger partial charge is 0.337 e. The zero-order chi connectivity index (χ0) is 27.3. The van der Waals surface area contributed by atoms with Crippen molar-refractivity contribution in [3.63, 3.8) is 0 Å². The molecule has 0 saturated carbocycles. The second-order valence-corrected chi connectivity index (χ2v) is 12.0. The van der Waals surface area contributed by atoms with Gasteiger partial charge in [-0.3, -0.25) is 14.5 Å². The Kier molecular flexibility index (Phi) is 8.20. The summed E-state index contributed by atoms with van der Waals surface area (Å²) in [6.07, 6.45) is 0. The van der Waals surface area contributed by atoms with Gasteiger partial charge >= 0.3 is 11.9 Å². The van der Waals surface area contributed by atoms with Gasteiger partial charge in [-0.1, -0.05) is 91.0 Å². The Labute approximate surface area is 224 Å². The Morgan fingerprint density at radius 2 is 1.29 bits per heavy atom. The van der Waals surface area contributed by atoms with Crippen LogP contribution >= 0.6 is 19.1 Å². The van der Waals surface area contributed by atoms with Gasteiger partial charge in [-0.15, -0.1) is 0 Å². The molecule has 0 fully saturated rings. The van der Waals surface area contributed by atoms with Crippen LogP contribution in [0, 0.1) is 11.7 Å². The summed E-state index contributed by atoms with van der Waals surface area (Å²) in [5.74, 6) is -1.61. The first-order valence-electron chi connectivity index (χ1n) is 11.6. The molecule has 0 spiro atoms. The number of nitrogens with zero attached hydrogens (tertiary/aromatic N) is 2. The molecule has 10 heteroatoms. The number of carbonyl (C=O) groups excluding carboxylic acids is 2. The van der Waals surface area contributed by atoms with Crippen molar-refractivity contribution in [2.45, 2.75) is 13.0 Å². The largest absolute Gasteiger partial charge is 0.467 e. The summed E-state index contributed by atoms with van der Waals surface area (Å²) in [4.78, 5) is 41.1. The lowest BCUT2D eigenvalue weighted by atomic mass is 10.2. The lowest BCUT2D eigenvalue weighted by Crippen LogP contribution is -2.45. The van der Waals surface area contributed by atoms with Gasteiger partial charge in [0.05, 0.1) is 19.5 Å². The standard InChI is InChI=1S/C28H26N3O5PS/c1-19-25(32)31(28(38)30-29-19)23(26(33)35-2)24(27(34)36-3)37(20-13-7-4-8-14-20,21-15-9-5-10-16-21)22-17-11-6-12-18-22/h4-18,23H,1-3H3,(H,30,38). The molecule has 0 radical (unpaired) electrons. The van der Waals surface area contributed by atoms with E-state index in [9.17, 15) is 14.4 Å². The molecule has 0 saturated heterocycles. The number of esters is 2. The van der Waals surface area contributed by atoms with Crippen LogP contribution in [0.15, 0.2) is 95.8 Å². The van der Waals surface area contributed by atoms with E-state index in [-0.39, 0.29) is 15.8 Å².